The van der Waals surface area contributed by atoms with Gasteiger partial charge < -0.3 is 10.2 Å². The predicted molar refractivity (Wildman–Crippen MR) is 109 cm³/mol. The predicted octanol–water partition coefficient (Wildman–Crippen LogP) is 4.52. The van der Waals surface area contributed by atoms with Crippen molar-refractivity contribution in [2.24, 2.45) is 4.99 Å². The summed E-state index contributed by atoms with van der Waals surface area (Å²) in [6, 6.07) is 13.7. The van der Waals surface area contributed by atoms with Crippen LogP contribution in [0.5, 0.6) is 0 Å². The summed E-state index contributed by atoms with van der Waals surface area (Å²) in [6.07, 6.45) is 0.0351. The van der Waals surface area contributed by atoms with E-state index in [2.05, 4.69) is 10.3 Å². The highest BCUT2D eigenvalue weighted by Crippen LogP contribution is 2.33. The quantitative estimate of drug-likeness (QED) is 0.686. The number of benzene rings is 2. The largest absolute Gasteiger partial charge is 0.322 e. The van der Waals surface area contributed by atoms with Crippen molar-refractivity contribution in [1.29, 1.82) is 0 Å². The zero-order valence-electron chi connectivity index (χ0n) is 15.1. The fraction of sp³-hybridized carbons (Fsp3) is 0.0952. The molecule has 1 aliphatic rings. The number of hydrogen-bond donors (Lipinski definition) is 1. The van der Waals surface area contributed by atoms with Crippen LogP contribution in [0.1, 0.15) is 11.3 Å². The van der Waals surface area contributed by atoms with E-state index in [0.29, 0.717) is 23.2 Å². The van der Waals surface area contributed by atoms with Crippen LogP contribution in [0.3, 0.4) is 0 Å². The number of nitrogens with one attached hydrogen (secondary N) is 1. The lowest BCUT2D eigenvalue weighted by Gasteiger charge is -2.22. The Morgan fingerprint density at radius 3 is 2.72 bits per heavy atom. The summed E-state index contributed by atoms with van der Waals surface area (Å²) >= 11 is 1.48. The second kappa shape index (κ2) is 7.92. The molecule has 3 aromatic rings. The van der Waals surface area contributed by atoms with Crippen molar-refractivity contribution in [2.75, 3.05) is 16.8 Å². The molecule has 0 saturated heterocycles. The molecule has 0 fully saturated rings. The first-order valence-corrected chi connectivity index (χ1v) is 9.65. The number of aliphatic imine (C=N–C) groups is 1. The van der Waals surface area contributed by atoms with E-state index in [0.717, 1.165) is 17.0 Å². The van der Waals surface area contributed by atoms with Gasteiger partial charge in [-0.05, 0) is 35.7 Å². The SMILES string of the molecule is O=C(CN1C(=O)CC(c2cccs2)=Nc2ccccc21)Nc1ccc(F)cc1F. The number of carbonyl (C=O) groups excluding carboxylic acids is 2. The van der Waals surface area contributed by atoms with E-state index in [1.165, 1.54) is 16.2 Å². The molecule has 0 radical (unpaired) electrons. The third-order valence-corrected chi connectivity index (χ3v) is 5.28. The van der Waals surface area contributed by atoms with Gasteiger partial charge in [-0.25, -0.2) is 13.8 Å². The van der Waals surface area contributed by atoms with Gasteiger partial charge in [0.25, 0.3) is 0 Å². The number of para-hydroxylation sites is 2. The maximum atomic E-state index is 13.8. The van der Waals surface area contributed by atoms with Crippen LogP contribution in [-0.4, -0.2) is 24.1 Å². The lowest BCUT2D eigenvalue weighted by atomic mass is 10.2. The Morgan fingerprint density at radius 2 is 1.97 bits per heavy atom. The van der Waals surface area contributed by atoms with Gasteiger partial charge in [0.15, 0.2) is 0 Å². The fourth-order valence-corrected chi connectivity index (χ4v) is 3.74. The number of halogens is 2. The van der Waals surface area contributed by atoms with Crippen molar-refractivity contribution >= 4 is 45.9 Å². The molecule has 0 unspecified atom stereocenters. The van der Waals surface area contributed by atoms with Gasteiger partial charge in [-0.2, -0.15) is 0 Å². The molecule has 0 spiro atoms. The molecule has 0 bridgehead atoms. The molecule has 29 heavy (non-hydrogen) atoms. The normalized spacial score (nSPS) is 13.5. The second-order valence-electron chi connectivity index (χ2n) is 6.35. The molecule has 2 aromatic carbocycles. The number of hydrogen-bond acceptors (Lipinski definition) is 4. The molecular formula is C21H15F2N3O2S. The Hall–Kier alpha value is -3.39. The number of fused-ring (bicyclic) bond motifs is 1. The average Bonchev–Trinajstić information content (AvgIpc) is 3.19. The second-order valence-corrected chi connectivity index (χ2v) is 7.30. The zero-order valence-corrected chi connectivity index (χ0v) is 15.9. The molecule has 146 valence electrons. The number of carbonyl (C=O) groups is 2. The lowest BCUT2D eigenvalue weighted by Crippen LogP contribution is -2.38. The third-order valence-electron chi connectivity index (χ3n) is 4.36. The van der Waals surface area contributed by atoms with Crippen LogP contribution in [0.25, 0.3) is 0 Å². The maximum Gasteiger partial charge on any atom is 0.244 e. The topological polar surface area (TPSA) is 61.8 Å². The molecule has 0 saturated carbocycles. The van der Waals surface area contributed by atoms with E-state index in [9.17, 15) is 18.4 Å². The number of nitrogens with zero attached hydrogens (tertiary/aromatic N) is 2. The molecule has 5 nitrogen and oxygen atoms in total. The van der Waals surface area contributed by atoms with Crippen molar-refractivity contribution in [2.45, 2.75) is 6.42 Å². The lowest BCUT2D eigenvalue weighted by molar-refractivity contribution is -0.120. The monoisotopic (exact) mass is 411 g/mol. The Morgan fingerprint density at radius 1 is 1.14 bits per heavy atom. The molecule has 1 aliphatic heterocycles. The Kier molecular flexibility index (Phi) is 5.18. The van der Waals surface area contributed by atoms with E-state index in [4.69, 9.17) is 0 Å². The first-order valence-electron chi connectivity index (χ1n) is 8.77. The Bertz CT molecular complexity index is 1110. The van der Waals surface area contributed by atoms with Gasteiger partial charge >= 0.3 is 0 Å². The van der Waals surface area contributed by atoms with Crippen LogP contribution in [-0.2, 0) is 9.59 Å². The van der Waals surface area contributed by atoms with E-state index in [-0.39, 0.29) is 24.6 Å². The van der Waals surface area contributed by atoms with Gasteiger partial charge in [-0.1, -0.05) is 18.2 Å². The molecule has 4 rings (SSSR count). The minimum atomic E-state index is -0.885. The van der Waals surface area contributed by atoms with Gasteiger partial charge in [0, 0.05) is 10.9 Å². The molecule has 1 N–H and O–H groups in total. The highest BCUT2D eigenvalue weighted by Gasteiger charge is 2.27. The summed E-state index contributed by atoms with van der Waals surface area (Å²) in [7, 11) is 0. The minimum absolute atomic E-state index is 0.0351. The van der Waals surface area contributed by atoms with Crippen LogP contribution < -0.4 is 10.2 Å². The molecule has 1 aromatic heterocycles. The summed E-state index contributed by atoms with van der Waals surface area (Å²) in [6.45, 7) is -0.320. The molecule has 0 atom stereocenters. The Labute approximate surface area is 169 Å². The molecular weight excluding hydrogens is 396 g/mol. The van der Waals surface area contributed by atoms with Crippen LogP contribution in [0.2, 0.25) is 0 Å². The minimum Gasteiger partial charge on any atom is -0.322 e. The van der Waals surface area contributed by atoms with Gasteiger partial charge in [0.05, 0.1) is 29.2 Å². The first-order chi connectivity index (χ1) is 14.0. The average molecular weight is 411 g/mol. The molecule has 0 aliphatic carbocycles. The fourth-order valence-electron chi connectivity index (χ4n) is 3.03. The summed E-state index contributed by atoms with van der Waals surface area (Å²) in [5.74, 6) is -2.52. The van der Waals surface area contributed by atoms with Gasteiger partial charge in [0.2, 0.25) is 11.8 Å². The van der Waals surface area contributed by atoms with Crippen LogP contribution in [0, 0.1) is 11.6 Å². The smallest absolute Gasteiger partial charge is 0.244 e. The van der Waals surface area contributed by atoms with Crippen LogP contribution >= 0.6 is 11.3 Å². The molecule has 2 heterocycles. The van der Waals surface area contributed by atoms with Crippen molar-refractivity contribution in [1.82, 2.24) is 0 Å². The summed E-state index contributed by atoms with van der Waals surface area (Å²) < 4.78 is 26.9. The summed E-state index contributed by atoms with van der Waals surface area (Å²) in [4.78, 5) is 32.3. The van der Waals surface area contributed by atoms with Crippen LogP contribution in [0.4, 0.5) is 25.8 Å². The van der Waals surface area contributed by atoms with Crippen molar-refractivity contribution in [3.05, 3.63) is 76.5 Å². The number of amides is 2. The van der Waals surface area contributed by atoms with E-state index in [1.54, 1.807) is 24.3 Å². The standard InChI is InChI=1S/C21H15F2N3O2S/c22-13-7-8-15(14(23)10-13)25-20(27)12-26-18-5-2-1-4-16(18)24-17(11-21(26)28)19-6-3-9-29-19/h1-10H,11-12H2,(H,25,27). The highest BCUT2D eigenvalue weighted by atomic mass is 32.1. The molecule has 8 heteroatoms. The number of anilines is 2. The van der Waals surface area contributed by atoms with E-state index >= 15 is 0 Å². The number of rotatable bonds is 4. The summed E-state index contributed by atoms with van der Waals surface area (Å²) in [5, 5.41) is 4.29. The first kappa shape index (κ1) is 18.9. The van der Waals surface area contributed by atoms with Crippen molar-refractivity contribution in [3.63, 3.8) is 0 Å². The number of thiophene rings is 1. The third kappa shape index (κ3) is 4.07. The van der Waals surface area contributed by atoms with Gasteiger partial charge in [-0.15, -0.1) is 11.3 Å². The zero-order chi connectivity index (χ0) is 20.4. The maximum absolute atomic E-state index is 13.8. The Balaban J connectivity index is 1.60. The van der Waals surface area contributed by atoms with E-state index < -0.39 is 17.5 Å². The van der Waals surface area contributed by atoms with Crippen LogP contribution in [0.15, 0.2) is 65.0 Å². The summed E-state index contributed by atoms with van der Waals surface area (Å²) in [5.41, 5.74) is 1.55. The highest BCUT2D eigenvalue weighted by molar-refractivity contribution is 7.12. The van der Waals surface area contributed by atoms with Gasteiger partial charge in [0.1, 0.15) is 18.2 Å². The van der Waals surface area contributed by atoms with E-state index in [1.807, 2.05) is 17.5 Å². The molecule has 2 amide bonds. The van der Waals surface area contributed by atoms with Crippen molar-refractivity contribution < 1.29 is 18.4 Å². The van der Waals surface area contributed by atoms with Gasteiger partial charge in [-0.3, -0.25) is 9.59 Å². The van der Waals surface area contributed by atoms with Crippen molar-refractivity contribution in [3.8, 4) is 0 Å².